The van der Waals surface area contributed by atoms with E-state index in [4.69, 9.17) is 16.7 Å². The fraction of sp³-hybridized carbons (Fsp3) is 0.263. The van der Waals surface area contributed by atoms with Gasteiger partial charge in [0.1, 0.15) is 0 Å². The summed E-state index contributed by atoms with van der Waals surface area (Å²) in [5, 5.41) is 5.39. The number of halogens is 1. The van der Waals surface area contributed by atoms with Crippen molar-refractivity contribution in [2.75, 3.05) is 19.8 Å². The largest absolute Gasteiger partial charge is 0.304 e. The molecule has 3 heterocycles. The molecule has 1 aromatic carbocycles. The number of aromatic nitrogens is 2. The molecule has 26 heavy (non-hydrogen) atoms. The van der Waals surface area contributed by atoms with Gasteiger partial charge >= 0.3 is 0 Å². The Morgan fingerprint density at radius 2 is 2.00 bits per heavy atom. The second kappa shape index (κ2) is 7.19. The Bertz CT molecular complexity index is 1010. The highest BCUT2D eigenvalue weighted by atomic mass is 35.5. The molecule has 0 bridgehead atoms. The topological polar surface area (TPSA) is 38.1 Å². The highest BCUT2D eigenvalue weighted by Gasteiger charge is 2.21. The van der Waals surface area contributed by atoms with E-state index in [0.717, 1.165) is 41.2 Å². The van der Waals surface area contributed by atoms with Crippen LogP contribution in [0.5, 0.6) is 0 Å². The Kier molecular flexibility index (Phi) is 4.92. The van der Waals surface area contributed by atoms with Crippen LogP contribution in [0, 0.1) is 0 Å². The van der Waals surface area contributed by atoms with Gasteiger partial charge in [0.05, 0.1) is 15.6 Å². The summed E-state index contributed by atoms with van der Waals surface area (Å²) in [5.74, 6) is 0.966. The molecule has 134 valence electrons. The number of thioether (sulfide) groups is 1. The zero-order valence-electron chi connectivity index (χ0n) is 14.5. The third-order valence-corrected chi connectivity index (χ3v) is 6.82. The summed E-state index contributed by atoms with van der Waals surface area (Å²) in [5.41, 5.74) is 3.71. The molecule has 0 amide bonds. The molecule has 0 aliphatic carbocycles. The molecule has 0 saturated heterocycles. The van der Waals surface area contributed by atoms with E-state index in [1.165, 1.54) is 13.8 Å². The van der Waals surface area contributed by atoms with E-state index in [1.54, 1.807) is 18.2 Å². The van der Waals surface area contributed by atoms with Gasteiger partial charge in [-0.2, -0.15) is 9.78 Å². The van der Waals surface area contributed by atoms with E-state index in [2.05, 4.69) is 25.1 Å². The summed E-state index contributed by atoms with van der Waals surface area (Å²) < 4.78 is 2.76. The Hall–Kier alpha value is -1.60. The monoisotopic (exact) mass is 403 g/mol. The van der Waals surface area contributed by atoms with Crippen LogP contribution in [-0.2, 0) is 13.0 Å². The van der Waals surface area contributed by atoms with Crippen LogP contribution in [0.15, 0.2) is 45.4 Å². The molecule has 0 saturated carbocycles. The van der Waals surface area contributed by atoms with Crippen molar-refractivity contribution in [1.29, 1.82) is 0 Å². The van der Waals surface area contributed by atoms with E-state index in [-0.39, 0.29) is 5.56 Å². The maximum absolute atomic E-state index is 12.6. The van der Waals surface area contributed by atoms with Gasteiger partial charge in [-0.15, -0.1) is 23.1 Å². The molecule has 3 aromatic rings. The normalized spacial score (nSPS) is 13.4. The minimum atomic E-state index is -0.108. The van der Waals surface area contributed by atoms with Crippen molar-refractivity contribution in [2.45, 2.75) is 17.2 Å². The fourth-order valence-electron chi connectivity index (χ4n) is 3.02. The zero-order valence-corrected chi connectivity index (χ0v) is 16.9. The van der Waals surface area contributed by atoms with E-state index in [0.29, 0.717) is 5.02 Å². The Balaban J connectivity index is 1.86. The number of nitrogens with zero attached hydrogens (tertiary/aromatic N) is 3. The minimum absolute atomic E-state index is 0.108. The zero-order chi connectivity index (χ0) is 18.3. The van der Waals surface area contributed by atoms with Crippen molar-refractivity contribution in [3.63, 3.8) is 0 Å². The van der Waals surface area contributed by atoms with Crippen LogP contribution in [-0.4, -0.2) is 34.5 Å². The molecule has 0 unspecified atom stereocenters. The second-order valence-electron chi connectivity index (χ2n) is 6.49. The third-order valence-electron chi connectivity index (χ3n) is 4.16. The number of aryl methyl sites for hydroxylation is 1. The molecule has 2 aromatic heterocycles. The van der Waals surface area contributed by atoms with Crippen molar-refractivity contribution in [2.24, 2.45) is 0 Å². The van der Waals surface area contributed by atoms with Crippen LogP contribution in [0.2, 0.25) is 5.02 Å². The summed E-state index contributed by atoms with van der Waals surface area (Å²) in [6.07, 6.45) is 0.855. The fourth-order valence-corrected chi connectivity index (χ4v) is 5.77. The van der Waals surface area contributed by atoms with Crippen LogP contribution < -0.4 is 5.56 Å². The minimum Gasteiger partial charge on any atom is -0.304 e. The second-order valence-corrected chi connectivity index (χ2v) is 9.43. The van der Waals surface area contributed by atoms with Gasteiger partial charge in [-0.25, -0.2) is 0 Å². The van der Waals surface area contributed by atoms with Gasteiger partial charge in [-0.1, -0.05) is 11.6 Å². The standard InChI is InChI=1S/C19H18ClN3OS2/c1-22(2)11-15-10-16-18-12(7-8-25-19(16)26-15)9-17(24)23(21-18)14-5-3-13(20)4-6-14/h3-6,9-10H,7-8,11H2,1-2H3. The maximum Gasteiger partial charge on any atom is 0.271 e. The number of hydrogen-bond donors (Lipinski definition) is 0. The average Bonchev–Trinajstić information content (AvgIpc) is 2.90. The molecule has 0 fully saturated rings. The van der Waals surface area contributed by atoms with Crippen LogP contribution in [0.4, 0.5) is 0 Å². The molecule has 0 spiro atoms. The number of benzene rings is 1. The Morgan fingerprint density at radius 1 is 1.23 bits per heavy atom. The Labute approximate surface area is 165 Å². The molecule has 0 atom stereocenters. The average molecular weight is 404 g/mol. The first-order valence-corrected chi connectivity index (χ1v) is 10.5. The van der Waals surface area contributed by atoms with Crippen molar-refractivity contribution in [3.05, 3.63) is 62.2 Å². The van der Waals surface area contributed by atoms with E-state index >= 15 is 0 Å². The summed E-state index contributed by atoms with van der Waals surface area (Å²) in [7, 11) is 4.14. The molecule has 1 aliphatic rings. The van der Waals surface area contributed by atoms with Crippen LogP contribution in [0.25, 0.3) is 16.9 Å². The van der Waals surface area contributed by atoms with Crippen LogP contribution in [0.1, 0.15) is 10.4 Å². The maximum atomic E-state index is 12.6. The quantitative estimate of drug-likeness (QED) is 0.652. The number of fused-ring (bicyclic) bond motifs is 3. The molecule has 4 nitrogen and oxygen atoms in total. The molecule has 7 heteroatoms. The van der Waals surface area contributed by atoms with Gasteiger partial charge < -0.3 is 4.90 Å². The first-order chi connectivity index (χ1) is 12.5. The third kappa shape index (κ3) is 3.47. The highest BCUT2D eigenvalue weighted by molar-refractivity contribution is 8.01. The van der Waals surface area contributed by atoms with Crippen molar-refractivity contribution >= 4 is 34.7 Å². The molecular formula is C19H18ClN3OS2. The lowest BCUT2D eigenvalue weighted by Gasteiger charge is -2.10. The van der Waals surface area contributed by atoms with E-state index in [1.807, 2.05) is 35.2 Å². The van der Waals surface area contributed by atoms with Crippen molar-refractivity contribution in [3.8, 4) is 16.9 Å². The molecule has 0 N–H and O–H groups in total. The van der Waals surface area contributed by atoms with Gasteiger partial charge in [0.2, 0.25) is 0 Å². The SMILES string of the molecule is CN(C)Cc1cc2c(s1)SCCc1cc(=O)n(-c3ccc(Cl)cc3)nc1-2. The summed E-state index contributed by atoms with van der Waals surface area (Å²) in [6.45, 7) is 0.907. The predicted octanol–water partition coefficient (Wildman–Crippen LogP) is 4.32. The smallest absolute Gasteiger partial charge is 0.271 e. The van der Waals surface area contributed by atoms with E-state index in [9.17, 15) is 4.79 Å². The van der Waals surface area contributed by atoms with Gasteiger partial charge in [-0.3, -0.25) is 4.79 Å². The first kappa shape index (κ1) is 17.8. The summed E-state index contributed by atoms with van der Waals surface area (Å²) in [4.78, 5) is 16.1. The van der Waals surface area contributed by atoms with Crippen LogP contribution in [0.3, 0.4) is 0 Å². The summed E-state index contributed by atoms with van der Waals surface area (Å²) >= 11 is 9.65. The van der Waals surface area contributed by atoms with E-state index < -0.39 is 0 Å². The molecule has 1 aliphatic heterocycles. The number of rotatable bonds is 3. The lowest BCUT2D eigenvalue weighted by molar-refractivity contribution is 0.406. The van der Waals surface area contributed by atoms with Gasteiger partial charge in [0.25, 0.3) is 5.56 Å². The predicted molar refractivity (Wildman–Crippen MR) is 110 cm³/mol. The van der Waals surface area contributed by atoms with Gasteiger partial charge in [0.15, 0.2) is 0 Å². The first-order valence-electron chi connectivity index (χ1n) is 8.31. The van der Waals surface area contributed by atoms with Gasteiger partial charge in [-0.05, 0) is 56.4 Å². The van der Waals surface area contributed by atoms with Gasteiger partial charge in [0, 0.05) is 33.8 Å². The number of thiophene rings is 1. The lowest BCUT2D eigenvalue weighted by atomic mass is 10.1. The summed E-state index contributed by atoms with van der Waals surface area (Å²) in [6, 6.07) is 11.1. The van der Waals surface area contributed by atoms with Crippen molar-refractivity contribution < 1.29 is 0 Å². The van der Waals surface area contributed by atoms with Crippen LogP contribution >= 0.6 is 34.7 Å². The lowest BCUT2D eigenvalue weighted by Crippen LogP contribution is -2.22. The molecule has 4 rings (SSSR count). The Morgan fingerprint density at radius 3 is 2.73 bits per heavy atom. The number of hydrogen-bond acceptors (Lipinski definition) is 5. The molecular weight excluding hydrogens is 386 g/mol. The molecule has 0 radical (unpaired) electrons. The highest BCUT2D eigenvalue weighted by Crippen LogP contribution is 2.42. The van der Waals surface area contributed by atoms with Crippen molar-refractivity contribution in [1.82, 2.24) is 14.7 Å².